The number of benzene rings is 2. The van der Waals surface area contributed by atoms with Crippen LogP contribution < -0.4 is 4.74 Å². The number of nitrogens with zero attached hydrogens (tertiary/aromatic N) is 4. The van der Waals surface area contributed by atoms with Gasteiger partial charge in [-0.25, -0.2) is 9.97 Å². The molecule has 0 saturated carbocycles. The topological polar surface area (TPSA) is 99.3 Å². The molecule has 1 saturated heterocycles. The highest BCUT2D eigenvalue weighted by Gasteiger charge is 2.32. The van der Waals surface area contributed by atoms with Crippen LogP contribution in [-0.4, -0.2) is 45.1 Å². The van der Waals surface area contributed by atoms with Gasteiger partial charge in [0.25, 0.3) is 0 Å². The fourth-order valence-corrected chi connectivity index (χ4v) is 4.30. The Balaban J connectivity index is 1.56. The van der Waals surface area contributed by atoms with Gasteiger partial charge in [-0.1, -0.05) is 25.1 Å². The van der Waals surface area contributed by atoms with E-state index < -0.39 is 5.97 Å². The molecule has 2 aromatic carbocycles. The van der Waals surface area contributed by atoms with Gasteiger partial charge in [-0.15, -0.1) is 0 Å². The first-order valence-corrected chi connectivity index (χ1v) is 11.5. The minimum absolute atomic E-state index is 0.0169. The zero-order valence-corrected chi connectivity index (χ0v) is 19.7. The van der Waals surface area contributed by atoms with Crippen molar-refractivity contribution in [2.45, 2.75) is 39.8 Å². The number of ether oxygens (including phenoxy) is 1. The second-order valence-electron chi connectivity index (χ2n) is 8.81. The zero-order valence-electron chi connectivity index (χ0n) is 19.7. The Morgan fingerprint density at radius 1 is 1.21 bits per heavy atom. The highest BCUT2D eigenvalue weighted by Crippen LogP contribution is 2.30. The molecule has 0 atom stereocenters. The van der Waals surface area contributed by atoms with Crippen molar-refractivity contribution in [3.8, 4) is 34.3 Å². The van der Waals surface area contributed by atoms with Crippen LogP contribution in [0, 0.1) is 17.2 Å². The fraction of sp³-hybridized carbons (Fsp3) is 0.333. The number of rotatable bonds is 8. The Morgan fingerprint density at radius 3 is 2.56 bits per heavy atom. The smallest absolute Gasteiger partial charge is 0.309 e. The normalized spacial score (nSPS) is 14.0. The highest BCUT2D eigenvalue weighted by molar-refractivity contribution is 5.72. The lowest BCUT2D eigenvalue weighted by molar-refractivity contribution is -0.147. The maximum atomic E-state index is 11.1. The molecule has 34 heavy (non-hydrogen) atoms. The van der Waals surface area contributed by atoms with Gasteiger partial charge in [-0.3, -0.25) is 9.69 Å². The van der Waals surface area contributed by atoms with Gasteiger partial charge < -0.3 is 9.84 Å². The summed E-state index contributed by atoms with van der Waals surface area (Å²) >= 11 is 0. The number of hydrogen-bond acceptors (Lipinski definition) is 6. The first-order chi connectivity index (χ1) is 16.4. The molecule has 174 valence electrons. The molecule has 0 amide bonds. The molecule has 7 heteroatoms. The number of carboxylic acids is 1. The van der Waals surface area contributed by atoms with Crippen LogP contribution in [-0.2, 0) is 17.8 Å². The molecule has 2 heterocycles. The first-order valence-electron chi connectivity index (χ1n) is 11.5. The Hall–Kier alpha value is -3.76. The van der Waals surface area contributed by atoms with Crippen molar-refractivity contribution in [3.05, 3.63) is 65.5 Å². The Bertz CT molecular complexity index is 1230. The lowest BCUT2D eigenvalue weighted by Gasteiger charge is -2.37. The molecule has 0 radical (unpaired) electrons. The second kappa shape index (κ2) is 10.0. The monoisotopic (exact) mass is 456 g/mol. The van der Waals surface area contributed by atoms with Gasteiger partial charge in [0.2, 0.25) is 0 Å². The van der Waals surface area contributed by atoms with Gasteiger partial charge in [0.05, 0.1) is 17.6 Å². The van der Waals surface area contributed by atoms with E-state index in [9.17, 15) is 10.1 Å². The summed E-state index contributed by atoms with van der Waals surface area (Å²) < 4.78 is 5.70. The summed E-state index contributed by atoms with van der Waals surface area (Å²) in [6.07, 6.45) is 4.47. The maximum absolute atomic E-state index is 11.1. The van der Waals surface area contributed by atoms with Gasteiger partial charge in [0, 0.05) is 43.2 Å². The first kappa shape index (κ1) is 23.4. The van der Waals surface area contributed by atoms with Crippen LogP contribution in [0.2, 0.25) is 0 Å². The van der Waals surface area contributed by atoms with Gasteiger partial charge >= 0.3 is 5.97 Å². The molecule has 1 aliphatic heterocycles. The van der Waals surface area contributed by atoms with Crippen molar-refractivity contribution in [2.24, 2.45) is 5.92 Å². The Morgan fingerprint density at radius 2 is 1.94 bits per heavy atom. The summed E-state index contributed by atoms with van der Waals surface area (Å²) in [5, 5.41) is 18.6. The molecule has 0 bridgehead atoms. The van der Waals surface area contributed by atoms with Crippen molar-refractivity contribution in [1.29, 1.82) is 5.26 Å². The molecule has 7 nitrogen and oxygen atoms in total. The largest absolute Gasteiger partial charge is 0.490 e. The van der Waals surface area contributed by atoms with Crippen molar-refractivity contribution < 1.29 is 14.6 Å². The van der Waals surface area contributed by atoms with Crippen molar-refractivity contribution in [3.63, 3.8) is 0 Å². The summed E-state index contributed by atoms with van der Waals surface area (Å²) in [5.74, 6) is 0.119. The van der Waals surface area contributed by atoms with Crippen molar-refractivity contribution >= 4 is 5.97 Å². The van der Waals surface area contributed by atoms with Crippen molar-refractivity contribution in [1.82, 2.24) is 14.9 Å². The van der Waals surface area contributed by atoms with Gasteiger partial charge in [-0.05, 0) is 55.2 Å². The fourth-order valence-electron chi connectivity index (χ4n) is 4.30. The number of aromatic nitrogens is 2. The number of carboxylic acid groups (broad SMARTS) is 1. The number of likely N-dealkylation sites (tertiary alicyclic amines) is 1. The van der Waals surface area contributed by atoms with E-state index >= 15 is 0 Å². The molecule has 1 aromatic heterocycles. The van der Waals surface area contributed by atoms with E-state index in [1.54, 1.807) is 12.1 Å². The van der Waals surface area contributed by atoms with Crippen LogP contribution in [0.5, 0.6) is 5.75 Å². The third-order valence-electron chi connectivity index (χ3n) is 6.01. The predicted molar refractivity (Wildman–Crippen MR) is 129 cm³/mol. The van der Waals surface area contributed by atoms with E-state index in [1.165, 1.54) is 11.1 Å². The number of nitriles is 1. The van der Waals surface area contributed by atoms with Gasteiger partial charge in [0.15, 0.2) is 5.82 Å². The van der Waals surface area contributed by atoms with Crippen LogP contribution in [0.1, 0.15) is 37.5 Å². The van der Waals surface area contributed by atoms with Crippen LogP contribution in [0.25, 0.3) is 22.5 Å². The summed E-state index contributed by atoms with van der Waals surface area (Å²) in [6, 6.07) is 13.8. The quantitative estimate of drug-likeness (QED) is 0.531. The Labute approximate surface area is 199 Å². The van der Waals surface area contributed by atoms with Gasteiger partial charge in [0.1, 0.15) is 11.8 Å². The van der Waals surface area contributed by atoms with Gasteiger partial charge in [-0.2, -0.15) is 5.26 Å². The summed E-state index contributed by atoms with van der Waals surface area (Å²) in [5.41, 5.74) is 5.65. The van der Waals surface area contributed by atoms with E-state index in [1.807, 2.05) is 38.4 Å². The van der Waals surface area contributed by atoms with Crippen LogP contribution in [0.15, 0.2) is 48.8 Å². The molecular formula is C27H28N4O3. The molecule has 1 aliphatic rings. The lowest BCUT2D eigenvalue weighted by Crippen LogP contribution is -2.49. The SMILES string of the molecule is CCc1c(CN2CC(C(=O)O)C2)cccc1-c1cnc(-c2ccc(OC(C)C)c(C#N)c2)nc1. The van der Waals surface area contributed by atoms with E-state index in [-0.39, 0.29) is 12.0 Å². The standard InChI is InChI=1S/C27H28N4O3/c1-4-23-19(14-31-15-22(16-31)27(32)33)6-5-7-24(23)21-12-29-26(30-13-21)18-8-9-25(34-17(2)3)20(10-18)11-28/h5-10,12-13,17,22H,4,14-16H2,1-3H3,(H,32,33). The summed E-state index contributed by atoms with van der Waals surface area (Å²) in [7, 11) is 0. The van der Waals surface area contributed by atoms with Crippen LogP contribution >= 0.6 is 0 Å². The average Bonchev–Trinajstić information content (AvgIpc) is 2.80. The molecule has 4 rings (SSSR count). The molecular weight excluding hydrogens is 428 g/mol. The number of hydrogen-bond donors (Lipinski definition) is 1. The third-order valence-corrected chi connectivity index (χ3v) is 6.01. The molecule has 3 aromatic rings. The summed E-state index contributed by atoms with van der Waals surface area (Å²) in [6.45, 7) is 7.89. The second-order valence-corrected chi connectivity index (χ2v) is 8.81. The molecule has 1 fully saturated rings. The van der Waals surface area contributed by atoms with E-state index in [0.717, 1.165) is 29.7 Å². The van der Waals surface area contributed by atoms with E-state index in [2.05, 4.69) is 40.0 Å². The average molecular weight is 457 g/mol. The molecule has 0 spiro atoms. The van der Waals surface area contributed by atoms with E-state index in [4.69, 9.17) is 9.84 Å². The van der Waals surface area contributed by atoms with E-state index in [0.29, 0.717) is 30.2 Å². The Kier molecular flexibility index (Phi) is 6.90. The lowest BCUT2D eigenvalue weighted by atomic mass is 9.93. The molecule has 0 aliphatic carbocycles. The third kappa shape index (κ3) is 4.92. The molecule has 1 N–H and O–H groups in total. The maximum Gasteiger partial charge on any atom is 0.309 e. The summed E-state index contributed by atoms with van der Waals surface area (Å²) in [4.78, 5) is 22.4. The number of aliphatic carboxylic acids is 1. The van der Waals surface area contributed by atoms with Crippen LogP contribution in [0.3, 0.4) is 0 Å². The van der Waals surface area contributed by atoms with Crippen molar-refractivity contribution in [2.75, 3.05) is 13.1 Å². The minimum atomic E-state index is -0.720. The zero-order chi connectivity index (χ0) is 24.2. The predicted octanol–water partition coefficient (Wildman–Crippen LogP) is 4.55. The number of carbonyl (C=O) groups is 1. The molecule has 0 unspecified atom stereocenters. The van der Waals surface area contributed by atoms with Crippen LogP contribution in [0.4, 0.5) is 0 Å². The highest BCUT2D eigenvalue weighted by atomic mass is 16.5. The minimum Gasteiger partial charge on any atom is -0.490 e.